The van der Waals surface area contributed by atoms with E-state index in [1.54, 1.807) is 26.0 Å². The van der Waals surface area contributed by atoms with Crippen molar-refractivity contribution in [2.24, 2.45) is 0 Å². The number of nitrogens with zero attached hydrogens (tertiary/aromatic N) is 1. The number of amides is 1. The van der Waals surface area contributed by atoms with Crippen LogP contribution in [0, 0.1) is 13.8 Å². The zero-order valence-corrected chi connectivity index (χ0v) is 15.6. The van der Waals surface area contributed by atoms with Gasteiger partial charge in [-0.15, -0.1) is 0 Å². The lowest BCUT2D eigenvalue weighted by Crippen LogP contribution is -2.28. The summed E-state index contributed by atoms with van der Waals surface area (Å²) in [6.45, 7) is 4.44. The first-order valence-electron chi connectivity index (χ1n) is 7.97. The van der Waals surface area contributed by atoms with Crippen LogP contribution in [0.25, 0.3) is 0 Å². The number of sulfonamides is 1. The highest BCUT2D eigenvalue weighted by molar-refractivity contribution is 7.89. The van der Waals surface area contributed by atoms with Crippen molar-refractivity contribution in [2.75, 3.05) is 18.4 Å². The highest BCUT2D eigenvalue weighted by atomic mass is 35.5. The van der Waals surface area contributed by atoms with Crippen molar-refractivity contribution in [1.29, 1.82) is 0 Å². The average molecular weight is 383 g/mol. The number of benzene rings is 1. The molecular weight excluding hydrogens is 364 g/mol. The number of halogens is 1. The van der Waals surface area contributed by atoms with Crippen LogP contribution in [0.2, 0.25) is 5.02 Å². The maximum Gasteiger partial charge on any atom is 0.259 e. The van der Waals surface area contributed by atoms with Gasteiger partial charge in [0.15, 0.2) is 0 Å². The van der Waals surface area contributed by atoms with E-state index in [9.17, 15) is 13.2 Å². The van der Waals surface area contributed by atoms with Crippen LogP contribution in [0.1, 0.15) is 34.7 Å². The first kappa shape index (κ1) is 18.0. The summed E-state index contributed by atoms with van der Waals surface area (Å²) in [6, 6.07) is 6.09. The Kier molecular flexibility index (Phi) is 4.90. The number of hydrogen-bond donors (Lipinski definition) is 1. The predicted octanol–water partition coefficient (Wildman–Crippen LogP) is 3.59. The van der Waals surface area contributed by atoms with E-state index >= 15 is 0 Å². The summed E-state index contributed by atoms with van der Waals surface area (Å²) >= 11 is 6.11. The van der Waals surface area contributed by atoms with E-state index in [4.69, 9.17) is 16.0 Å². The second kappa shape index (κ2) is 6.82. The number of anilines is 1. The van der Waals surface area contributed by atoms with E-state index in [1.807, 2.05) is 0 Å². The minimum Gasteiger partial charge on any atom is -0.466 e. The van der Waals surface area contributed by atoms with Gasteiger partial charge in [-0.25, -0.2) is 8.42 Å². The van der Waals surface area contributed by atoms with Gasteiger partial charge in [0, 0.05) is 18.8 Å². The van der Waals surface area contributed by atoms with Crippen molar-refractivity contribution in [1.82, 2.24) is 4.31 Å². The molecule has 134 valence electrons. The molecule has 0 unspecified atom stereocenters. The molecule has 25 heavy (non-hydrogen) atoms. The monoisotopic (exact) mass is 382 g/mol. The lowest BCUT2D eigenvalue weighted by atomic mass is 10.2. The third-order valence-electron chi connectivity index (χ3n) is 4.16. The Balaban J connectivity index is 1.89. The van der Waals surface area contributed by atoms with Crippen LogP contribution in [0.15, 0.2) is 33.6 Å². The van der Waals surface area contributed by atoms with Crippen LogP contribution in [-0.4, -0.2) is 31.7 Å². The highest BCUT2D eigenvalue weighted by Gasteiger charge is 2.29. The molecule has 2 aromatic rings. The fraction of sp³-hybridized carbons (Fsp3) is 0.353. The largest absolute Gasteiger partial charge is 0.466 e. The number of carbonyl (C=O) groups is 1. The molecule has 8 heteroatoms. The normalized spacial score (nSPS) is 15.5. The van der Waals surface area contributed by atoms with E-state index in [1.165, 1.54) is 16.4 Å². The molecule has 1 aliphatic rings. The molecule has 6 nitrogen and oxygen atoms in total. The van der Waals surface area contributed by atoms with E-state index < -0.39 is 10.0 Å². The molecule has 1 saturated heterocycles. The quantitative estimate of drug-likeness (QED) is 0.876. The number of nitrogens with one attached hydrogen (secondary N) is 1. The van der Waals surface area contributed by atoms with Gasteiger partial charge in [-0.05, 0) is 51.0 Å². The summed E-state index contributed by atoms with van der Waals surface area (Å²) in [5.74, 6) is 0.783. The third-order valence-corrected chi connectivity index (χ3v) is 6.54. The molecule has 0 atom stereocenters. The van der Waals surface area contributed by atoms with Crippen LogP contribution in [-0.2, 0) is 10.0 Å². The summed E-state index contributed by atoms with van der Waals surface area (Å²) in [4.78, 5) is 12.4. The topological polar surface area (TPSA) is 79.6 Å². The molecule has 1 fully saturated rings. The first-order valence-corrected chi connectivity index (χ1v) is 9.79. The van der Waals surface area contributed by atoms with E-state index in [-0.39, 0.29) is 15.8 Å². The Bertz CT molecular complexity index is 915. The van der Waals surface area contributed by atoms with Gasteiger partial charge in [0.1, 0.15) is 16.4 Å². The molecule has 0 bridgehead atoms. The van der Waals surface area contributed by atoms with E-state index in [0.717, 1.165) is 12.8 Å². The van der Waals surface area contributed by atoms with Gasteiger partial charge in [-0.3, -0.25) is 4.79 Å². The Morgan fingerprint density at radius 1 is 1.20 bits per heavy atom. The van der Waals surface area contributed by atoms with Crippen molar-refractivity contribution in [3.8, 4) is 0 Å². The minimum absolute atomic E-state index is 0.00830. The van der Waals surface area contributed by atoms with Crippen molar-refractivity contribution < 1.29 is 17.6 Å². The van der Waals surface area contributed by atoms with Gasteiger partial charge < -0.3 is 9.73 Å². The van der Waals surface area contributed by atoms with Crippen LogP contribution in [0.5, 0.6) is 0 Å². The van der Waals surface area contributed by atoms with Crippen molar-refractivity contribution in [3.05, 3.63) is 46.4 Å². The molecule has 2 heterocycles. The Morgan fingerprint density at radius 3 is 2.48 bits per heavy atom. The summed E-state index contributed by atoms with van der Waals surface area (Å²) < 4.78 is 32.2. The smallest absolute Gasteiger partial charge is 0.259 e. The maximum atomic E-state index is 12.7. The van der Waals surface area contributed by atoms with Gasteiger partial charge in [0.25, 0.3) is 5.91 Å². The summed E-state index contributed by atoms with van der Waals surface area (Å²) in [7, 11) is -3.66. The second-order valence-electron chi connectivity index (χ2n) is 6.04. The Labute approximate surface area is 151 Å². The number of carbonyl (C=O) groups excluding carboxylic acids is 1. The fourth-order valence-electron chi connectivity index (χ4n) is 2.90. The van der Waals surface area contributed by atoms with Crippen LogP contribution < -0.4 is 5.32 Å². The Hall–Kier alpha value is -1.83. The molecule has 0 spiro atoms. The van der Waals surface area contributed by atoms with Crippen molar-refractivity contribution >= 4 is 33.2 Å². The van der Waals surface area contributed by atoms with Crippen molar-refractivity contribution in [2.45, 2.75) is 31.6 Å². The third kappa shape index (κ3) is 3.58. The van der Waals surface area contributed by atoms with E-state index in [2.05, 4.69) is 5.32 Å². The fourth-order valence-corrected chi connectivity index (χ4v) is 4.92. The molecule has 1 aromatic heterocycles. The van der Waals surface area contributed by atoms with Crippen LogP contribution in [0.4, 0.5) is 5.69 Å². The average Bonchev–Trinajstić information content (AvgIpc) is 3.19. The molecule has 1 N–H and O–H groups in total. The molecule has 0 radical (unpaired) electrons. The van der Waals surface area contributed by atoms with Gasteiger partial charge in [0.2, 0.25) is 10.0 Å². The lowest BCUT2D eigenvalue weighted by Gasteiger charge is -2.17. The van der Waals surface area contributed by atoms with Crippen molar-refractivity contribution in [3.63, 3.8) is 0 Å². The van der Waals surface area contributed by atoms with Gasteiger partial charge in [-0.2, -0.15) is 4.31 Å². The molecular formula is C17H19ClN2O4S. The summed E-state index contributed by atoms with van der Waals surface area (Å²) in [5, 5.41) is 2.84. The standard InChI is InChI=1S/C17H19ClN2O4S/c1-11-9-14(12(2)24-11)17(21)19-13-5-6-15(18)16(10-13)25(22,23)20-7-3-4-8-20/h5-6,9-10H,3-4,7-8H2,1-2H3,(H,19,21). The Morgan fingerprint density at radius 2 is 1.88 bits per heavy atom. The van der Waals surface area contributed by atoms with Gasteiger partial charge in [0.05, 0.1) is 10.6 Å². The van der Waals surface area contributed by atoms with Crippen LogP contribution in [0.3, 0.4) is 0 Å². The zero-order chi connectivity index (χ0) is 18.2. The zero-order valence-electron chi connectivity index (χ0n) is 14.0. The number of hydrogen-bond acceptors (Lipinski definition) is 4. The number of furan rings is 1. The SMILES string of the molecule is Cc1cc(C(=O)Nc2ccc(Cl)c(S(=O)(=O)N3CCCC3)c2)c(C)o1. The first-order chi connectivity index (χ1) is 11.8. The second-order valence-corrected chi connectivity index (χ2v) is 8.35. The maximum absolute atomic E-state index is 12.7. The minimum atomic E-state index is -3.66. The number of rotatable bonds is 4. The summed E-state index contributed by atoms with van der Waals surface area (Å²) in [6.07, 6.45) is 1.68. The summed E-state index contributed by atoms with van der Waals surface area (Å²) in [5.41, 5.74) is 0.779. The molecule has 0 saturated carbocycles. The van der Waals surface area contributed by atoms with Gasteiger partial charge >= 0.3 is 0 Å². The molecule has 1 aliphatic heterocycles. The number of aryl methyl sites for hydroxylation is 2. The van der Waals surface area contributed by atoms with Crippen LogP contribution >= 0.6 is 11.6 Å². The predicted molar refractivity (Wildman–Crippen MR) is 95.6 cm³/mol. The lowest BCUT2D eigenvalue weighted by molar-refractivity contribution is 0.102. The molecule has 1 aromatic carbocycles. The molecule has 1 amide bonds. The van der Waals surface area contributed by atoms with E-state index in [0.29, 0.717) is 35.9 Å². The molecule has 0 aliphatic carbocycles. The molecule has 3 rings (SSSR count). The van der Waals surface area contributed by atoms with Gasteiger partial charge in [-0.1, -0.05) is 11.6 Å². The highest BCUT2D eigenvalue weighted by Crippen LogP contribution is 2.30.